The second-order valence-corrected chi connectivity index (χ2v) is 7.77. The summed E-state index contributed by atoms with van der Waals surface area (Å²) in [5.41, 5.74) is 6.39. The van der Waals surface area contributed by atoms with Crippen LogP contribution in [0.25, 0.3) is 0 Å². The molecule has 1 aliphatic heterocycles. The highest BCUT2D eigenvalue weighted by Crippen LogP contribution is 2.53. The summed E-state index contributed by atoms with van der Waals surface area (Å²) in [6.07, 6.45) is 5.60. The first-order valence-electron chi connectivity index (χ1n) is 8.44. The number of non-ortho nitro benzene ring substituents is 1. The van der Waals surface area contributed by atoms with Gasteiger partial charge < -0.3 is 5.32 Å². The Balaban J connectivity index is 1.80. The predicted molar refractivity (Wildman–Crippen MR) is 103 cm³/mol. The van der Waals surface area contributed by atoms with Crippen LogP contribution in [0.2, 0.25) is 0 Å². The van der Waals surface area contributed by atoms with Gasteiger partial charge in [0.05, 0.1) is 16.7 Å². The number of nitrogens with zero attached hydrogens (tertiary/aromatic N) is 1. The van der Waals surface area contributed by atoms with Gasteiger partial charge in [-0.2, -0.15) is 0 Å². The molecular formula is C20H19BrN2O2. The number of hydrogen-bond acceptors (Lipinski definition) is 3. The minimum Gasteiger partial charge on any atom is -0.377 e. The minimum atomic E-state index is -0.351. The lowest BCUT2D eigenvalue weighted by atomic mass is 9.75. The molecule has 0 radical (unpaired) electrons. The Morgan fingerprint density at radius 1 is 1.24 bits per heavy atom. The normalized spacial score (nSPS) is 23.7. The molecule has 0 spiro atoms. The first kappa shape index (κ1) is 16.3. The number of benzene rings is 2. The van der Waals surface area contributed by atoms with Gasteiger partial charge in [0.1, 0.15) is 0 Å². The summed E-state index contributed by atoms with van der Waals surface area (Å²) in [5.74, 6) is 0.814. The molecule has 0 saturated heterocycles. The summed E-state index contributed by atoms with van der Waals surface area (Å²) in [6.45, 7) is 4.34. The standard InChI is InChI=1S/C20H19BrN2O2/c1-11-10-17(21)20-18(12(11)2)15-4-3-5-16(15)19(22-20)13-6-8-14(9-7-13)23(24)25/h3-4,6-10,15-16,19,22H,5H2,1-2H3/t15-,16+,19-/m1/s1. The number of nitrogens with one attached hydrogen (secondary N) is 1. The number of allylic oxidation sites excluding steroid dienone is 2. The van der Waals surface area contributed by atoms with Crippen molar-refractivity contribution in [3.63, 3.8) is 0 Å². The quantitative estimate of drug-likeness (QED) is 0.395. The van der Waals surface area contributed by atoms with Crippen LogP contribution < -0.4 is 5.32 Å². The summed E-state index contributed by atoms with van der Waals surface area (Å²) in [4.78, 5) is 10.6. The Morgan fingerprint density at radius 3 is 2.64 bits per heavy atom. The third-order valence-corrected chi connectivity index (χ3v) is 6.21. The maximum Gasteiger partial charge on any atom is 0.269 e. The average Bonchev–Trinajstić information content (AvgIpc) is 3.08. The lowest BCUT2D eigenvalue weighted by Crippen LogP contribution is -2.30. The van der Waals surface area contributed by atoms with E-state index < -0.39 is 0 Å². The summed E-state index contributed by atoms with van der Waals surface area (Å²) in [6, 6.07) is 9.26. The molecule has 0 amide bonds. The maximum absolute atomic E-state index is 10.9. The van der Waals surface area contributed by atoms with Crippen LogP contribution in [-0.2, 0) is 0 Å². The van der Waals surface area contributed by atoms with Gasteiger partial charge in [-0.25, -0.2) is 0 Å². The van der Waals surface area contributed by atoms with Gasteiger partial charge in [-0.3, -0.25) is 10.1 Å². The Hall–Kier alpha value is -2.14. The zero-order valence-electron chi connectivity index (χ0n) is 14.1. The monoisotopic (exact) mass is 398 g/mol. The maximum atomic E-state index is 10.9. The molecule has 0 saturated carbocycles. The van der Waals surface area contributed by atoms with Crippen LogP contribution >= 0.6 is 15.9 Å². The van der Waals surface area contributed by atoms with E-state index in [2.05, 4.69) is 53.3 Å². The zero-order valence-corrected chi connectivity index (χ0v) is 15.7. The van der Waals surface area contributed by atoms with Crippen molar-refractivity contribution in [2.45, 2.75) is 32.2 Å². The summed E-state index contributed by atoms with van der Waals surface area (Å²) >= 11 is 3.72. The van der Waals surface area contributed by atoms with Crippen LogP contribution in [0.4, 0.5) is 11.4 Å². The summed E-state index contributed by atoms with van der Waals surface area (Å²) < 4.78 is 1.08. The van der Waals surface area contributed by atoms with E-state index in [4.69, 9.17) is 0 Å². The Labute approximate surface area is 155 Å². The van der Waals surface area contributed by atoms with Crippen LogP contribution in [-0.4, -0.2) is 4.92 Å². The van der Waals surface area contributed by atoms with E-state index in [1.165, 1.54) is 16.7 Å². The molecule has 4 rings (SSSR count). The van der Waals surface area contributed by atoms with Crippen molar-refractivity contribution < 1.29 is 4.92 Å². The number of halogens is 1. The number of nitro benzene ring substituents is 1. The number of hydrogen-bond donors (Lipinski definition) is 1. The van der Waals surface area contributed by atoms with Crippen LogP contribution in [0.3, 0.4) is 0 Å². The van der Waals surface area contributed by atoms with Crippen molar-refractivity contribution in [2.24, 2.45) is 5.92 Å². The third-order valence-electron chi connectivity index (χ3n) is 5.58. The highest BCUT2D eigenvalue weighted by Gasteiger charge is 2.39. The molecular weight excluding hydrogens is 380 g/mol. The van der Waals surface area contributed by atoms with Gasteiger partial charge in [-0.05, 0) is 70.4 Å². The Bertz CT molecular complexity index is 890. The minimum absolute atomic E-state index is 0.133. The number of fused-ring (bicyclic) bond motifs is 3. The zero-order chi connectivity index (χ0) is 17.7. The second kappa shape index (κ2) is 5.99. The van der Waals surface area contributed by atoms with Gasteiger partial charge in [0.15, 0.2) is 0 Å². The van der Waals surface area contributed by atoms with Crippen molar-refractivity contribution in [2.75, 3.05) is 5.32 Å². The van der Waals surface area contributed by atoms with Crippen molar-refractivity contribution in [1.82, 2.24) is 0 Å². The summed E-state index contributed by atoms with van der Waals surface area (Å²) in [7, 11) is 0. The highest BCUT2D eigenvalue weighted by atomic mass is 79.9. The molecule has 0 fully saturated rings. The molecule has 2 aromatic rings. The number of rotatable bonds is 2. The molecule has 2 aromatic carbocycles. The van der Waals surface area contributed by atoms with E-state index in [1.54, 1.807) is 12.1 Å². The number of nitro groups is 1. The van der Waals surface area contributed by atoms with Crippen molar-refractivity contribution in [3.05, 3.63) is 79.3 Å². The fourth-order valence-corrected chi connectivity index (χ4v) is 4.86. The summed E-state index contributed by atoms with van der Waals surface area (Å²) in [5, 5.41) is 14.6. The first-order valence-corrected chi connectivity index (χ1v) is 9.24. The van der Waals surface area contributed by atoms with E-state index in [0.29, 0.717) is 11.8 Å². The molecule has 0 unspecified atom stereocenters. The molecule has 128 valence electrons. The molecule has 4 nitrogen and oxygen atoms in total. The molecule has 1 heterocycles. The van der Waals surface area contributed by atoms with Gasteiger partial charge >= 0.3 is 0 Å². The molecule has 5 heteroatoms. The largest absolute Gasteiger partial charge is 0.377 e. The van der Waals surface area contributed by atoms with Gasteiger partial charge in [0, 0.05) is 22.5 Å². The van der Waals surface area contributed by atoms with E-state index in [-0.39, 0.29) is 16.7 Å². The smallest absolute Gasteiger partial charge is 0.269 e. The molecule has 0 bridgehead atoms. The van der Waals surface area contributed by atoms with Crippen molar-refractivity contribution >= 4 is 27.3 Å². The van der Waals surface area contributed by atoms with Crippen LogP contribution in [0.15, 0.2) is 47.0 Å². The molecule has 1 N–H and O–H groups in total. The van der Waals surface area contributed by atoms with Crippen LogP contribution in [0.1, 0.15) is 40.6 Å². The fourth-order valence-electron chi connectivity index (χ4n) is 4.18. The molecule has 25 heavy (non-hydrogen) atoms. The molecule has 0 aromatic heterocycles. The van der Waals surface area contributed by atoms with E-state index in [1.807, 2.05) is 12.1 Å². The third kappa shape index (κ3) is 2.58. The molecule has 3 atom stereocenters. The van der Waals surface area contributed by atoms with E-state index in [0.717, 1.165) is 22.1 Å². The van der Waals surface area contributed by atoms with Gasteiger partial charge in [0.2, 0.25) is 0 Å². The Morgan fingerprint density at radius 2 is 1.96 bits per heavy atom. The van der Waals surface area contributed by atoms with Crippen LogP contribution in [0, 0.1) is 29.9 Å². The SMILES string of the molecule is Cc1cc(Br)c2c(c1C)[C@@H]1C=CC[C@@H]1[C@@H](c1ccc([N+](=O)[O-])cc1)N2. The highest BCUT2D eigenvalue weighted by molar-refractivity contribution is 9.10. The van der Waals surface area contributed by atoms with Gasteiger partial charge in [-0.15, -0.1) is 0 Å². The van der Waals surface area contributed by atoms with E-state index >= 15 is 0 Å². The Kier molecular flexibility index (Phi) is 3.91. The predicted octanol–water partition coefficient (Wildman–Crippen LogP) is 5.80. The van der Waals surface area contributed by atoms with Gasteiger partial charge in [0.25, 0.3) is 5.69 Å². The first-order chi connectivity index (χ1) is 12.0. The van der Waals surface area contributed by atoms with Crippen LogP contribution in [0.5, 0.6) is 0 Å². The van der Waals surface area contributed by atoms with Crippen molar-refractivity contribution in [1.29, 1.82) is 0 Å². The number of anilines is 1. The fraction of sp³-hybridized carbons (Fsp3) is 0.300. The lowest BCUT2D eigenvalue weighted by Gasteiger charge is -2.39. The molecule has 1 aliphatic carbocycles. The van der Waals surface area contributed by atoms with Gasteiger partial charge in [-0.1, -0.05) is 24.3 Å². The topological polar surface area (TPSA) is 55.2 Å². The lowest BCUT2D eigenvalue weighted by molar-refractivity contribution is -0.384. The van der Waals surface area contributed by atoms with Crippen molar-refractivity contribution in [3.8, 4) is 0 Å². The second-order valence-electron chi connectivity index (χ2n) is 6.91. The number of aryl methyl sites for hydroxylation is 1. The van der Waals surface area contributed by atoms with E-state index in [9.17, 15) is 10.1 Å². The molecule has 2 aliphatic rings. The average molecular weight is 399 g/mol.